The third kappa shape index (κ3) is 5.43. The summed E-state index contributed by atoms with van der Waals surface area (Å²) >= 11 is 0. The van der Waals surface area contributed by atoms with E-state index in [4.69, 9.17) is 8.85 Å². The number of hydrogen-bond acceptors (Lipinski definition) is 1. The van der Waals surface area contributed by atoms with E-state index in [1.54, 1.807) is 0 Å². The molecule has 9 rings (SSSR count). The lowest BCUT2D eigenvalue weighted by molar-refractivity contribution is 0.419. The minimum Gasteiger partial charge on any atom is -0.456 e. The van der Waals surface area contributed by atoms with Crippen LogP contribution in [0.25, 0.3) is 66.8 Å². The van der Waals surface area contributed by atoms with Crippen LogP contribution in [0.3, 0.4) is 0 Å². The van der Waals surface area contributed by atoms with Crippen molar-refractivity contribution in [3.63, 3.8) is 0 Å². The van der Waals surface area contributed by atoms with Crippen molar-refractivity contribution >= 4 is 0 Å². The highest BCUT2D eigenvalue weighted by molar-refractivity contribution is 6.07. The largest absolute Gasteiger partial charge is 0.456 e. The van der Waals surface area contributed by atoms with E-state index in [0.29, 0.717) is 22.6 Å². The van der Waals surface area contributed by atoms with Crippen LogP contribution in [0.5, 0.6) is 11.5 Å². The lowest BCUT2D eigenvalue weighted by Gasteiger charge is -2.35. The molecule has 0 aliphatic carbocycles. The van der Waals surface area contributed by atoms with Crippen molar-refractivity contribution in [3.05, 3.63) is 205 Å². The summed E-state index contributed by atoms with van der Waals surface area (Å²) in [6.45, 7) is -0.498. The van der Waals surface area contributed by atoms with Crippen molar-refractivity contribution < 1.29 is 8.85 Å². The normalized spacial score (nSPS) is 15.7. The molecule has 8 aromatic carbocycles. The van der Waals surface area contributed by atoms with Crippen molar-refractivity contribution in [2.24, 2.45) is 0 Å². The number of benzene rings is 8. The molecular formula is C51H38O. The Labute approximate surface area is 310 Å². The molecule has 1 unspecified atom stereocenters. The van der Waals surface area contributed by atoms with E-state index in [0.717, 1.165) is 66.8 Å². The fourth-order valence-corrected chi connectivity index (χ4v) is 7.81. The SMILES string of the molecule is [2H]C([2H])([2H])C1(C)c2ccccc2Oc2c(-c3cccc(-c4c(-c5ccccc5)c(-c5ccccc5)cc(-c5ccccc5)c4-c4ccccc4)c3)cccc21. The number of fused-ring (bicyclic) bond motifs is 2. The van der Waals surface area contributed by atoms with Crippen molar-refractivity contribution in [2.45, 2.75) is 19.2 Å². The molecule has 0 fully saturated rings. The van der Waals surface area contributed by atoms with Gasteiger partial charge in [0.05, 0.1) is 0 Å². The Morgan fingerprint density at radius 3 is 1.42 bits per heavy atom. The van der Waals surface area contributed by atoms with Gasteiger partial charge in [-0.3, -0.25) is 0 Å². The zero-order valence-electron chi connectivity index (χ0n) is 31.9. The summed E-state index contributed by atoms with van der Waals surface area (Å²) in [6.07, 6.45) is 0. The van der Waals surface area contributed by atoms with E-state index in [-0.39, 0.29) is 0 Å². The minimum absolute atomic E-state index is 0.568. The van der Waals surface area contributed by atoms with Gasteiger partial charge in [0.15, 0.2) is 0 Å². The average Bonchev–Trinajstić information content (AvgIpc) is 3.24. The summed E-state index contributed by atoms with van der Waals surface area (Å²) in [7, 11) is 0. The van der Waals surface area contributed by atoms with Crippen molar-refractivity contribution in [2.75, 3.05) is 0 Å². The Morgan fingerprint density at radius 1 is 0.385 bits per heavy atom. The van der Waals surface area contributed by atoms with Crippen LogP contribution in [0.15, 0.2) is 194 Å². The molecule has 0 spiro atoms. The third-order valence-electron chi connectivity index (χ3n) is 10.3. The highest BCUT2D eigenvalue weighted by atomic mass is 16.5. The molecule has 1 nitrogen and oxygen atoms in total. The predicted molar refractivity (Wildman–Crippen MR) is 218 cm³/mol. The standard InChI is InChI=1S/C51H38O/c1-51(2)44-30-15-16-32-46(44)52-50-41(29-18-31-45(50)51)39-27-17-28-40(33-39)49-47(37-23-11-5-12-24-37)42(35-19-7-3-8-20-35)34-43(36-21-9-4-10-22-36)48(49)38-25-13-6-14-26-38/h3-34H,1-2H3/i1D3. The molecule has 0 radical (unpaired) electrons. The van der Waals surface area contributed by atoms with E-state index in [2.05, 4.69) is 152 Å². The second kappa shape index (κ2) is 13.0. The first-order valence-corrected chi connectivity index (χ1v) is 17.8. The first-order chi connectivity index (χ1) is 26.8. The molecule has 0 saturated carbocycles. The maximum Gasteiger partial charge on any atom is 0.139 e. The lowest BCUT2D eigenvalue weighted by atomic mass is 9.74. The number of ether oxygens (including phenoxy) is 1. The highest BCUT2D eigenvalue weighted by Gasteiger charge is 2.35. The van der Waals surface area contributed by atoms with Crippen LogP contribution in [0, 0.1) is 0 Å². The van der Waals surface area contributed by atoms with Gasteiger partial charge < -0.3 is 4.74 Å². The van der Waals surface area contributed by atoms with Gasteiger partial charge in [0.1, 0.15) is 11.5 Å². The second-order valence-corrected chi connectivity index (χ2v) is 13.5. The fourth-order valence-electron chi connectivity index (χ4n) is 7.81. The molecule has 248 valence electrons. The van der Waals surface area contributed by atoms with E-state index in [9.17, 15) is 0 Å². The molecule has 0 N–H and O–H groups in total. The van der Waals surface area contributed by atoms with Gasteiger partial charge in [-0.05, 0) is 79.4 Å². The molecule has 8 aromatic rings. The van der Waals surface area contributed by atoms with Crippen molar-refractivity contribution in [1.82, 2.24) is 0 Å². The van der Waals surface area contributed by atoms with E-state index < -0.39 is 12.3 Å². The number of para-hydroxylation sites is 2. The Balaban J connectivity index is 1.37. The lowest BCUT2D eigenvalue weighted by Crippen LogP contribution is -2.24. The fraction of sp³-hybridized carbons (Fsp3) is 0.0588. The molecule has 52 heavy (non-hydrogen) atoms. The topological polar surface area (TPSA) is 9.23 Å². The van der Waals surface area contributed by atoms with Crippen LogP contribution in [0.2, 0.25) is 0 Å². The second-order valence-electron chi connectivity index (χ2n) is 13.5. The van der Waals surface area contributed by atoms with Gasteiger partial charge in [-0.25, -0.2) is 0 Å². The molecule has 1 heteroatoms. The molecule has 1 aliphatic rings. The first-order valence-electron chi connectivity index (χ1n) is 19.3. The zero-order chi connectivity index (χ0) is 37.6. The quantitative estimate of drug-likeness (QED) is 0.171. The predicted octanol–water partition coefficient (Wildman–Crippen LogP) is 14.1. The van der Waals surface area contributed by atoms with Crippen LogP contribution in [-0.2, 0) is 5.41 Å². The van der Waals surface area contributed by atoms with Crippen molar-refractivity contribution in [1.29, 1.82) is 0 Å². The third-order valence-corrected chi connectivity index (χ3v) is 10.3. The Bertz CT molecular complexity index is 2550. The maximum atomic E-state index is 8.78. The number of rotatable bonds is 6. The smallest absolute Gasteiger partial charge is 0.139 e. The van der Waals surface area contributed by atoms with Gasteiger partial charge in [0, 0.05) is 26.2 Å². The van der Waals surface area contributed by atoms with Crippen LogP contribution < -0.4 is 4.74 Å². The average molecular weight is 670 g/mol. The summed E-state index contributed by atoms with van der Waals surface area (Å²) in [5, 5.41) is 0. The van der Waals surface area contributed by atoms with Gasteiger partial charge in [0.25, 0.3) is 0 Å². The monoisotopic (exact) mass is 669 g/mol. The molecule has 1 aliphatic heterocycles. The number of hydrogen-bond donors (Lipinski definition) is 0. The van der Waals surface area contributed by atoms with E-state index >= 15 is 0 Å². The van der Waals surface area contributed by atoms with Gasteiger partial charge in [-0.15, -0.1) is 0 Å². The molecule has 0 bridgehead atoms. The molecule has 0 amide bonds. The molecular weight excluding hydrogens is 629 g/mol. The highest BCUT2D eigenvalue weighted by Crippen LogP contribution is 2.53. The molecule has 1 heterocycles. The van der Waals surface area contributed by atoms with Crippen LogP contribution in [-0.4, -0.2) is 0 Å². The van der Waals surface area contributed by atoms with Crippen molar-refractivity contribution in [3.8, 4) is 78.3 Å². The molecule has 0 aromatic heterocycles. The van der Waals surface area contributed by atoms with Gasteiger partial charge in [0.2, 0.25) is 0 Å². The van der Waals surface area contributed by atoms with Gasteiger partial charge >= 0.3 is 0 Å². The Hall–Kier alpha value is -6.44. The first kappa shape index (κ1) is 28.3. The van der Waals surface area contributed by atoms with Gasteiger partial charge in [-0.2, -0.15) is 0 Å². The summed E-state index contributed by atoms with van der Waals surface area (Å²) in [6, 6.07) is 67.0. The molecule has 1 atom stereocenters. The van der Waals surface area contributed by atoms with Gasteiger partial charge in [-0.1, -0.05) is 190 Å². The summed E-state index contributed by atoms with van der Waals surface area (Å²) in [4.78, 5) is 0. The Morgan fingerprint density at radius 2 is 0.846 bits per heavy atom. The van der Waals surface area contributed by atoms with Crippen LogP contribution >= 0.6 is 0 Å². The van der Waals surface area contributed by atoms with E-state index in [1.807, 2.05) is 49.4 Å². The zero-order valence-corrected chi connectivity index (χ0v) is 28.9. The molecule has 0 saturated heterocycles. The minimum atomic E-state index is -2.32. The van der Waals surface area contributed by atoms with E-state index in [1.165, 1.54) is 0 Å². The van der Waals surface area contributed by atoms with Crippen LogP contribution in [0.1, 0.15) is 29.0 Å². The summed E-state index contributed by atoms with van der Waals surface area (Å²) < 4.78 is 33.0. The summed E-state index contributed by atoms with van der Waals surface area (Å²) in [5.74, 6) is 1.14. The maximum absolute atomic E-state index is 8.78. The summed E-state index contributed by atoms with van der Waals surface area (Å²) in [5.41, 5.74) is 13.0. The van der Waals surface area contributed by atoms with Crippen LogP contribution in [0.4, 0.5) is 0 Å². The Kier molecular flexibility index (Phi) is 7.08.